The SMILES string of the molecule is COc1cc(C)c(CCNC(=O)CCN)c(OC)c1. The molecular formula is C14H22N2O3. The molecule has 3 N–H and O–H groups in total. The molecule has 0 saturated carbocycles. The molecule has 0 saturated heterocycles. The highest BCUT2D eigenvalue weighted by Crippen LogP contribution is 2.28. The van der Waals surface area contributed by atoms with E-state index in [9.17, 15) is 4.79 Å². The molecule has 19 heavy (non-hydrogen) atoms. The summed E-state index contributed by atoms with van der Waals surface area (Å²) in [5, 5.41) is 2.83. The van der Waals surface area contributed by atoms with Crippen LogP contribution < -0.4 is 20.5 Å². The normalized spacial score (nSPS) is 10.1. The largest absolute Gasteiger partial charge is 0.497 e. The maximum atomic E-state index is 11.3. The van der Waals surface area contributed by atoms with Crippen LogP contribution in [0, 0.1) is 6.92 Å². The quantitative estimate of drug-likeness (QED) is 0.773. The number of ether oxygens (including phenoxy) is 2. The minimum Gasteiger partial charge on any atom is -0.497 e. The second-order valence-electron chi connectivity index (χ2n) is 4.26. The molecule has 0 fully saturated rings. The van der Waals surface area contributed by atoms with Crippen LogP contribution in [0.3, 0.4) is 0 Å². The first kappa shape index (κ1) is 15.3. The summed E-state index contributed by atoms with van der Waals surface area (Å²) < 4.78 is 10.6. The molecule has 1 aromatic rings. The average Bonchev–Trinajstić information content (AvgIpc) is 2.40. The van der Waals surface area contributed by atoms with Crippen LogP contribution in [-0.4, -0.2) is 33.2 Å². The van der Waals surface area contributed by atoms with Gasteiger partial charge in [-0.2, -0.15) is 0 Å². The Balaban J connectivity index is 2.69. The third kappa shape index (κ3) is 4.44. The van der Waals surface area contributed by atoms with Gasteiger partial charge in [0.15, 0.2) is 0 Å². The summed E-state index contributed by atoms with van der Waals surface area (Å²) >= 11 is 0. The van der Waals surface area contributed by atoms with Crippen molar-refractivity contribution in [2.24, 2.45) is 5.73 Å². The molecule has 0 aliphatic rings. The van der Waals surface area contributed by atoms with Crippen molar-refractivity contribution in [3.63, 3.8) is 0 Å². The summed E-state index contributed by atoms with van der Waals surface area (Å²) in [6.45, 7) is 2.95. The van der Waals surface area contributed by atoms with Gasteiger partial charge in [-0.1, -0.05) is 0 Å². The van der Waals surface area contributed by atoms with Crippen molar-refractivity contribution in [1.29, 1.82) is 0 Å². The van der Waals surface area contributed by atoms with Crippen molar-refractivity contribution < 1.29 is 14.3 Å². The van der Waals surface area contributed by atoms with Crippen LogP contribution >= 0.6 is 0 Å². The van der Waals surface area contributed by atoms with Crippen LogP contribution in [0.5, 0.6) is 11.5 Å². The Morgan fingerprint density at radius 1 is 1.32 bits per heavy atom. The summed E-state index contributed by atoms with van der Waals surface area (Å²) in [4.78, 5) is 11.3. The number of hydrogen-bond acceptors (Lipinski definition) is 4. The van der Waals surface area contributed by atoms with E-state index in [1.165, 1.54) is 0 Å². The van der Waals surface area contributed by atoms with E-state index in [0.717, 1.165) is 29.0 Å². The molecule has 1 amide bonds. The number of nitrogens with one attached hydrogen (secondary N) is 1. The fourth-order valence-corrected chi connectivity index (χ4v) is 1.92. The molecule has 0 atom stereocenters. The second-order valence-corrected chi connectivity index (χ2v) is 4.26. The van der Waals surface area contributed by atoms with Gasteiger partial charge in [-0.05, 0) is 30.5 Å². The zero-order valence-electron chi connectivity index (χ0n) is 11.8. The first-order valence-corrected chi connectivity index (χ1v) is 6.30. The predicted molar refractivity (Wildman–Crippen MR) is 74.7 cm³/mol. The van der Waals surface area contributed by atoms with E-state index in [0.29, 0.717) is 19.5 Å². The lowest BCUT2D eigenvalue weighted by molar-refractivity contribution is -0.120. The van der Waals surface area contributed by atoms with Crippen LogP contribution in [0.1, 0.15) is 17.5 Å². The smallest absolute Gasteiger partial charge is 0.221 e. The Morgan fingerprint density at radius 3 is 2.63 bits per heavy atom. The molecule has 5 heteroatoms. The van der Waals surface area contributed by atoms with E-state index < -0.39 is 0 Å². The topological polar surface area (TPSA) is 73.6 Å². The summed E-state index contributed by atoms with van der Waals surface area (Å²) in [6, 6.07) is 3.81. The van der Waals surface area contributed by atoms with Gasteiger partial charge >= 0.3 is 0 Å². The maximum absolute atomic E-state index is 11.3. The molecule has 0 heterocycles. The lowest BCUT2D eigenvalue weighted by Gasteiger charge is -2.14. The molecule has 1 rings (SSSR count). The third-order valence-electron chi connectivity index (χ3n) is 2.93. The molecule has 0 aliphatic heterocycles. The Kier molecular flexibility index (Phi) is 6.15. The molecule has 0 spiro atoms. The second kappa shape index (κ2) is 7.63. The fraction of sp³-hybridized carbons (Fsp3) is 0.500. The monoisotopic (exact) mass is 266 g/mol. The predicted octanol–water partition coefficient (Wildman–Crippen LogP) is 1.02. The first-order valence-electron chi connectivity index (χ1n) is 6.30. The first-order chi connectivity index (χ1) is 9.12. The van der Waals surface area contributed by atoms with Gasteiger partial charge in [-0.25, -0.2) is 0 Å². The van der Waals surface area contributed by atoms with E-state index in [4.69, 9.17) is 15.2 Å². The summed E-state index contributed by atoms with van der Waals surface area (Å²) in [5.41, 5.74) is 7.49. The van der Waals surface area contributed by atoms with Crippen molar-refractivity contribution in [3.8, 4) is 11.5 Å². The van der Waals surface area contributed by atoms with Gasteiger partial charge in [0.05, 0.1) is 14.2 Å². The van der Waals surface area contributed by atoms with E-state index in [2.05, 4.69) is 5.32 Å². The fourth-order valence-electron chi connectivity index (χ4n) is 1.92. The van der Waals surface area contributed by atoms with Gasteiger partial charge in [-0.3, -0.25) is 4.79 Å². The van der Waals surface area contributed by atoms with Gasteiger partial charge in [-0.15, -0.1) is 0 Å². The molecule has 5 nitrogen and oxygen atoms in total. The zero-order valence-corrected chi connectivity index (χ0v) is 11.8. The van der Waals surface area contributed by atoms with E-state index in [1.54, 1.807) is 14.2 Å². The zero-order chi connectivity index (χ0) is 14.3. The Morgan fingerprint density at radius 2 is 2.05 bits per heavy atom. The molecule has 0 aliphatic carbocycles. The van der Waals surface area contributed by atoms with Crippen LogP contribution in [0.15, 0.2) is 12.1 Å². The van der Waals surface area contributed by atoms with Gasteiger partial charge in [0.2, 0.25) is 5.91 Å². The highest BCUT2D eigenvalue weighted by Gasteiger charge is 2.09. The molecule has 1 aromatic carbocycles. The van der Waals surface area contributed by atoms with Gasteiger partial charge in [0.25, 0.3) is 0 Å². The Bertz CT molecular complexity index is 433. The van der Waals surface area contributed by atoms with Crippen LogP contribution in [0.25, 0.3) is 0 Å². The number of nitrogens with two attached hydrogens (primary N) is 1. The van der Waals surface area contributed by atoms with Crippen LogP contribution in [0.4, 0.5) is 0 Å². The average molecular weight is 266 g/mol. The van der Waals surface area contributed by atoms with Crippen LogP contribution in [0.2, 0.25) is 0 Å². The Hall–Kier alpha value is -1.75. The molecular weight excluding hydrogens is 244 g/mol. The number of benzene rings is 1. The molecule has 0 bridgehead atoms. The maximum Gasteiger partial charge on any atom is 0.221 e. The lowest BCUT2D eigenvalue weighted by Crippen LogP contribution is -2.27. The van der Waals surface area contributed by atoms with E-state index in [-0.39, 0.29) is 5.91 Å². The summed E-state index contributed by atoms with van der Waals surface area (Å²) in [7, 11) is 3.26. The van der Waals surface area contributed by atoms with Gasteiger partial charge in [0.1, 0.15) is 11.5 Å². The molecule has 106 valence electrons. The number of carbonyl (C=O) groups excluding carboxylic acids is 1. The van der Waals surface area contributed by atoms with Crippen molar-refractivity contribution in [2.45, 2.75) is 19.8 Å². The van der Waals surface area contributed by atoms with Crippen molar-refractivity contribution in [2.75, 3.05) is 27.3 Å². The standard InChI is InChI=1S/C14H22N2O3/c1-10-8-11(18-2)9-13(19-3)12(10)5-7-16-14(17)4-6-15/h8-9H,4-7,15H2,1-3H3,(H,16,17). The molecule has 0 aromatic heterocycles. The van der Waals surface area contributed by atoms with Gasteiger partial charge < -0.3 is 20.5 Å². The number of carbonyl (C=O) groups is 1. The van der Waals surface area contributed by atoms with E-state index >= 15 is 0 Å². The third-order valence-corrected chi connectivity index (χ3v) is 2.93. The highest BCUT2D eigenvalue weighted by molar-refractivity contribution is 5.76. The number of hydrogen-bond donors (Lipinski definition) is 2. The molecule has 0 unspecified atom stereocenters. The number of aryl methyl sites for hydroxylation is 1. The minimum absolute atomic E-state index is 0.0207. The van der Waals surface area contributed by atoms with E-state index in [1.807, 2.05) is 19.1 Å². The number of rotatable bonds is 7. The highest BCUT2D eigenvalue weighted by atomic mass is 16.5. The Labute approximate surface area is 114 Å². The minimum atomic E-state index is -0.0207. The van der Waals surface area contributed by atoms with Gasteiger partial charge in [0, 0.05) is 25.6 Å². The van der Waals surface area contributed by atoms with Crippen molar-refractivity contribution >= 4 is 5.91 Å². The summed E-state index contributed by atoms with van der Waals surface area (Å²) in [6.07, 6.45) is 1.08. The lowest BCUT2D eigenvalue weighted by atomic mass is 10.0. The van der Waals surface area contributed by atoms with Crippen LogP contribution in [-0.2, 0) is 11.2 Å². The van der Waals surface area contributed by atoms with Crippen molar-refractivity contribution in [3.05, 3.63) is 23.3 Å². The number of methoxy groups -OCH3 is 2. The number of amides is 1. The summed E-state index contributed by atoms with van der Waals surface area (Å²) in [5.74, 6) is 1.53. The van der Waals surface area contributed by atoms with Crippen molar-refractivity contribution in [1.82, 2.24) is 5.32 Å². The molecule has 0 radical (unpaired) electrons.